The summed E-state index contributed by atoms with van der Waals surface area (Å²) in [7, 11) is 1.21. The van der Waals surface area contributed by atoms with E-state index < -0.39 is 17.8 Å². The van der Waals surface area contributed by atoms with Gasteiger partial charge in [0.25, 0.3) is 5.91 Å². The monoisotopic (exact) mass is 395 g/mol. The normalized spacial score (nSPS) is 17.0. The number of benzene rings is 1. The molecule has 0 saturated carbocycles. The fourth-order valence-corrected chi connectivity index (χ4v) is 2.85. The number of hydrogen-bond acceptors (Lipinski definition) is 8. The van der Waals surface area contributed by atoms with Crippen LogP contribution in [0.1, 0.15) is 22.8 Å². The standard InChI is InChI=1S/C16H14ClN3O5S/c1-3-25-15(23)13-9(5-4-6-10(13)17)8-18-20-16-19-14(22)11(26-16)7-12(21)24-2/h4-8H,3H2,1-2H3,(H,19,20,22)/b11-7+,18-8?. The van der Waals surface area contributed by atoms with Crippen LogP contribution in [0, 0.1) is 0 Å². The van der Waals surface area contributed by atoms with Crippen LogP contribution >= 0.6 is 23.4 Å². The first-order valence-corrected chi connectivity index (χ1v) is 8.51. The molecule has 2 rings (SSSR count). The highest BCUT2D eigenvalue weighted by Crippen LogP contribution is 2.24. The molecule has 1 aromatic carbocycles. The molecule has 0 bridgehead atoms. The van der Waals surface area contributed by atoms with Gasteiger partial charge in [0, 0.05) is 11.6 Å². The van der Waals surface area contributed by atoms with Gasteiger partial charge in [-0.2, -0.15) is 5.10 Å². The van der Waals surface area contributed by atoms with E-state index in [9.17, 15) is 14.4 Å². The van der Waals surface area contributed by atoms with Crippen LogP contribution in [0.3, 0.4) is 0 Å². The average Bonchev–Trinajstić information content (AvgIpc) is 2.94. The number of amides is 1. The minimum Gasteiger partial charge on any atom is -0.466 e. The highest BCUT2D eigenvalue weighted by molar-refractivity contribution is 8.18. The molecule has 1 aliphatic rings. The lowest BCUT2D eigenvalue weighted by Gasteiger charge is -2.06. The van der Waals surface area contributed by atoms with Gasteiger partial charge in [-0.25, -0.2) is 9.59 Å². The van der Waals surface area contributed by atoms with Crippen LogP contribution in [0.4, 0.5) is 0 Å². The maximum Gasteiger partial charge on any atom is 0.340 e. The summed E-state index contributed by atoms with van der Waals surface area (Å²) >= 11 is 6.99. The van der Waals surface area contributed by atoms with E-state index >= 15 is 0 Å². The Morgan fingerprint density at radius 1 is 1.38 bits per heavy atom. The molecule has 0 unspecified atom stereocenters. The summed E-state index contributed by atoms with van der Waals surface area (Å²) in [6, 6.07) is 4.85. The maximum atomic E-state index is 12.0. The van der Waals surface area contributed by atoms with E-state index in [0.29, 0.717) is 5.56 Å². The number of nitrogens with zero attached hydrogens (tertiary/aromatic N) is 2. The zero-order chi connectivity index (χ0) is 19.1. The Labute approximate surface area is 158 Å². The third-order valence-corrected chi connectivity index (χ3v) is 4.19. The Balaban J connectivity index is 2.19. The molecular formula is C16H14ClN3O5S. The second-order valence-electron chi connectivity index (χ2n) is 4.66. The number of carbonyl (C=O) groups is 3. The molecule has 1 fully saturated rings. The number of esters is 2. The minimum atomic E-state index is -0.648. The summed E-state index contributed by atoms with van der Waals surface area (Å²) in [4.78, 5) is 35.0. The van der Waals surface area contributed by atoms with E-state index in [-0.39, 0.29) is 27.3 Å². The second-order valence-corrected chi connectivity index (χ2v) is 6.10. The highest BCUT2D eigenvalue weighted by atomic mass is 35.5. The average molecular weight is 396 g/mol. The van der Waals surface area contributed by atoms with Crippen molar-refractivity contribution < 1.29 is 23.9 Å². The van der Waals surface area contributed by atoms with Crippen LogP contribution in [-0.2, 0) is 19.1 Å². The first-order valence-electron chi connectivity index (χ1n) is 7.31. The summed E-state index contributed by atoms with van der Waals surface area (Å²) in [5.41, 5.74) is 0.592. The Morgan fingerprint density at radius 3 is 2.85 bits per heavy atom. The molecule has 1 N–H and O–H groups in total. The molecule has 0 aliphatic carbocycles. The molecule has 0 radical (unpaired) electrons. The summed E-state index contributed by atoms with van der Waals surface area (Å²) in [6.45, 7) is 1.90. The number of halogens is 1. The zero-order valence-electron chi connectivity index (χ0n) is 13.8. The Kier molecular flexibility index (Phi) is 6.93. The van der Waals surface area contributed by atoms with Crippen molar-refractivity contribution in [3.8, 4) is 0 Å². The molecule has 136 valence electrons. The number of ether oxygens (including phenoxy) is 2. The third kappa shape index (κ3) is 4.93. The van der Waals surface area contributed by atoms with E-state index in [4.69, 9.17) is 16.3 Å². The molecule has 1 saturated heterocycles. The van der Waals surface area contributed by atoms with Gasteiger partial charge >= 0.3 is 11.9 Å². The molecule has 10 heteroatoms. The van der Waals surface area contributed by atoms with Crippen LogP contribution in [0.5, 0.6) is 0 Å². The fraction of sp³-hybridized carbons (Fsp3) is 0.188. The summed E-state index contributed by atoms with van der Waals surface area (Å²) in [5.74, 6) is -1.70. The predicted octanol–water partition coefficient (Wildman–Crippen LogP) is 2.13. The molecule has 0 aromatic heterocycles. The van der Waals surface area contributed by atoms with Crippen LogP contribution in [-0.4, -0.2) is 42.9 Å². The molecular weight excluding hydrogens is 382 g/mol. The largest absolute Gasteiger partial charge is 0.466 e. The quantitative estimate of drug-likeness (QED) is 0.354. The van der Waals surface area contributed by atoms with Crippen molar-refractivity contribution in [1.82, 2.24) is 5.32 Å². The highest BCUT2D eigenvalue weighted by Gasteiger charge is 2.25. The zero-order valence-corrected chi connectivity index (χ0v) is 15.4. The van der Waals surface area contributed by atoms with Gasteiger partial charge in [0.05, 0.1) is 35.4 Å². The molecule has 1 heterocycles. The molecule has 1 aliphatic heterocycles. The van der Waals surface area contributed by atoms with Gasteiger partial charge in [-0.3, -0.25) is 10.1 Å². The lowest BCUT2D eigenvalue weighted by Crippen LogP contribution is -2.19. The van der Waals surface area contributed by atoms with Gasteiger partial charge in [-0.15, -0.1) is 5.10 Å². The topological polar surface area (TPSA) is 106 Å². The molecule has 0 atom stereocenters. The summed E-state index contributed by atoms with van der Waals surface area (Å²) < 4.78 is 9.44. The van der Waals surface area contributed by atoms with Gasteiger partial charge < -0.3 is 9.47 Å². The lowest BCUT2D eigenvalue weighted by atomic mass is 10.1. The van der Waals surface area contributed by atoms with Gasteiger partial charge in [0.1, 0.15) is 0 Å². The summed E-state index contributed by atoms with van der Waals surface area (Å²) in [6.07, 6.45) is 2.38. The number of amidine groups is 1. The number of hydrogen-bond donors (Lipinski definition) is 1. The van der Waals surface area contributed by atoms with Crippen molar-refractivity contribution >= 4 is 52.6 Å². The van der Waals surface area contributed by atoms with Crippen LogP contribution < -0.4 is 5.32 Å². The number of carbonyl (C=O) groups excluding carboxylic acids is 3. The molecule has 1 aromatic rings. The van der Waals surface area contributed by atoms with Crippen molar-refractivity contribution in [2.75, 3.05) is 13.7 Å². The molecule has 8 nitrogen and oxygen atoms in total. The van der Waals surface area contributed by atoms with Crippen molar-refractivity contribution in [3.63, 3.8) is 0 Å². The fourth-order valence-electron chi connectivity index (χ4n) is 1.85. The Morgan fingerprint density at radius 2 is 2.15 bits per heavy atom. The van der Waals surface area contributed by atoms with Gasteiger partial charge in [-0.1, -0.05) is 23.7 Å². The van der Waals surface area contributed by atoms with Gasteiger partial charge in [0.2, 0.25) is 0 Å². The van der Waals surface area contributed by atoms with Gasteiger partial charge in [-0.05, 0) is 24.8 Å². The molecule has 0 spiro atoms. The minimum absolute atomic E-state index is 0.140. The van der Waals surface area contributed by atoms with Crippen LogP contribution in [0.15, 0.2) is 39.4 Å². The lowest BCUT2D eigenvalue weighted by molar-refractivity contribution is -0.135. The molecule has 26 heavy (non-hydrogen) atoms. The van der Waals surface area contributed by atoms with E-state index in [1.807, 2.05) is 0 Å². The van der Waals surface area contributed by atoms with E-state index in [1.54, 1.807) is 25.1 Å². The number of methoxy groups -OCH3 is 1. The van der Waals surface area contributed by atoms with Crippen molar-refractivity contribution in [2.24, 2.45) is 10.2 Å². The number of thioether (sulfide) groups is 1. The smallest absolute Gasteiger partial charge is 0.340 e. The van der Waals surface area contributed by atoms with Crippen LogP contribution in [0.25, 0.3) is 0 Å². The Bertz CT molecular complexity index is 835. The van der Waals surface area contributed by atoms with Crippen molar-refractivity contribution in [3.05, 3.63) is 45.3 Å². The van der Waals surface area contributed by atoms with Gasteiger partial charge in [0.15, 0.2) is 5.17 Å². The number of rotatable bonds is 5. The molecule has 1 amide bonds. The van der Waals surface area contributed by atoms with Crippen molar-refractivity contribution in [1.29, 1.82) is 0 Å². The van der Waals surface area contributed by atoms with Crippen molar-refractivity contribution in [2.45, 2.75) is 6.92 Å². The SMILES string of the molecule is CCOC(=O)c1c(Cl)cccc1C=N/N=C1/NC(=O)/C(=C\C(=O)OC)S1. The van der Waals surface area contributed by atoms with E-state index in [1.165, 1.54) is 13.3 Å². The maximum absolute atomic E-state index is 12.0. The first-order chi connectivity index (χ1) is 12.5. The first kappa shape index (κ1) is 19.7. The second kappa shape index (κ2) is 9.16. The number of nitrogens with one attached hydrogen (secondary N) is 1. The van der Waals surface area contributed by atoms with Crippen LogP contribution in [0.2, 0.25) is 5.02 Å². The summed E-state index contributed by atoms with van der Waals surface area (Å²) in [5, 5.41) is 10.6. The Hall–Kier alpha value is -2.65. The predicted molar refractivity (Wildman–Crippen MR) is 98.3 cm³/mol. The van der Waals surface area contributed by atoms with E-state index in [2.05, 4.69) is 20.3 Å². The van der Waals surface area contributed by atoms with E-state index in [0.717, 1.165) is 17.8 Å². The third-order valence-electron chi connectivity index (χ3n) is 2.97.